The van der Waals surface area contributed by atoms with Gasteiger partial charge in [0.15, 0.2) is 0 Å². The van der Waals surface area contributed by atoms with E-state index in [0.29, 0.717) is 24.4 Å². The normalized spacial score (nSPS) is 19.4. The fraction of sp³-hybridized carbons (Fsp3) is 0.692. The summed E-state index contributed by atoms with van der Waals surface area (Å²) >= 11 is 0. The Labute approximate surface area is 108 Å². The van der Waals surface area contributed by atoms with Crippen LogP contribution in [0.4, 0.5) is 0 Å². The zero-order valence-electron chi connectivity index (χ0n) is 11.6. The molecule has 1 atom stereocenters. The van der Waals surface area contributed by atoms with Gasteiger partial charge in [-0.1, -0.05) is 13.8 Å². The zero-order valence-corrected chi connectivity index (χ0v) is 11.6. The Bertz CT molecular complexity index is 359. The van der Waals surface area contributed by atoms with E-state index in [9.17, 15) is 9.59 Å². The van der Waals surface area contributed by atoms with Crippen LogP contribution in [0.15, 0.2) is 11.3 Å². The monoisotopic (exact) mass is 254 g/mol. The van der Waals surface area contributed by atoms with Crippen molar-refractivity contribution >= 4 is 11.9 Å². The van der Waals surface area contributed by atoms with Crippen LogP contribution in [-0.4, -0.2) is 43.0 Å². The third-order valence-corrected chi connectivity index (χ3v) is 3.21. The van der Waals surface area contributed by atoms with Crippen molar-refractivity contribution in [2.75, 3.05) is 26.2 Å². The molecular weight excluding hydrogens is 232 g/mol. The van der Waals surface area contributed by atoms with Crippen LogP contribution in [0.2, 0.25) is 0 Å². The molecule has 0 aromatic rings. The van der Waals surface area contributed by atoms with Crippen LogP contribution < -0.4 is 5.32 Å². The van der Waals surface area contributed by atoms with Gasteiger partial charge in [0, 0.05) is 12.2 Å². The maximum Gasteiger partial charge on any atom is 0.336 e. The van der Waals surface area contributed by atoms with E-state index in [1.54, 1.807) is 13.8 Å². The molecule has 1 unspecified atom stereocenters. The van der Waals surface area contributed by atoms with Gasteiger partial charge in [-0.05, 0) is 26.9 Å². The minimum absolute atomic E-state index is 0.109. The van der Waals surface area contributed by atoms with Gasteiger partial charge < -0.3 is 15.0 Å². The molecule has 0 aromatic carbocycles. The Morgan fingerprint density at radius 3 is 2.44 bits per heavy atom. The second-order valence-corrected chi connectivity index (χ2v) is 4.29. The number of amides is 1. The van der Waals surface area contributed by atoms with Crippen LogP contribution in [0.3, 0.4) is 0 Å². The molecule has 0 aliphatic carbocycles. The molecule has 0 bridgehead atoms. The molecule has 5 nitrogen and oxygen atoms in total. The Hall–Kier alpha value is -1.36. The van der Waals surface area contributed by atoms with Crippen LogP contribution in [0, 0.1) is 5.92 Å². The van der Waals surface area contributed by atoms with Gasteiger partial charge in [-0.2, -0.15) is 0 Å². The lowest BCUT2D eigenvalue weighted by atomic mass is 9.99. The summed E-state index contributed by atoms with van der Waals surface area (Å²) in [6.07, 6.45) is 0. The largest absolute Gasteiger partial charge is 0.463 e. The molecule has 102 valence electrons. The van der Waals surface area contributed by atoms with Gasteiger partial charge in [-0.3, -0.25) is 4.79 Å². The third-order valence-electron chi connectivity index (χ3n) is 3.21. The SMILES string of the molecule is CCOC(=O)C1=C(C)NC(=O)C1CN(CC)CC. The van der Waals surface area contributed by atoms with Crippen LogP contribution in [-0.2, 0) is 14.3 Å². The highest BCUT2D eigenvalue weighted by Crippen LogP contribution is 2.24. The van der Waals surface area contributed by atoms with Crippen molar-refractivity contribution in [3.8, 4) is 0 Å². The fourth-order valence-electron chi connectivity index (χ4n) is 2.15. The quantitative estimate of drug-likeness (QED) is 0.716. The Morgan fingerprint density at radius 2 is 1.94 bits per heavy atom. The number of esters is 1. The summed E-state index contributed by atoms with van der Waals surface area (Å²) < 4.78 is 5.02. The molecule has 1 aliphatic heterocycles. The fourth-order valence-corrected chi connectivity index (χ4v) is 2.15. The van der Waals surface area contributed by atoms with E-state index in [4.69, 9.17) is 4.74 Å². The zero-order chi connectivity index (χ0) is 13.7. The van der Waals surface area contributed by atoms with Crippen molar-refractivity contribution in [1.29, 1.82) is 0 Å². The molecule has 0 saturated carbocycles. The molecule has 1 rings (SSSR count). The summed E-state index contributed by atoms with van der Waals surface area (Å²) in [5.74, 6) is -0.906. The number of carbonyl (C=O) groups excluding carboxylic acids is 2. The number of ether oxygens (including phenoxy) is 1. The van der Waals surface area contributed by atoms with Gasteiger partial charge in [0.1, 0.15) is 0 Å². The van der Waals surface area contributed by atoms with E-state index >= 15 is 0 Å². The van der Waals surface area contributed by atoms with Crippen molar-refractivity contribution in [3.63, 3.8) is 0 Å². The lowest BCUT2D eigenvalue weighted by molar-refractivity contribution is -0.140. The number of nitrogens with one attached hydrogen (secondary N) is 1. The van der Waals surface area contributed by atoms with Crippen LogP contribution in [0.1, 0.15) is 27.7 Å². The summed E-state index contributed by atoms with van der Waals surface area (Å²) in [6.45, 7) is 10.2. The summed E-state index contributed by atoms with van der Waals surface area (Å²) in [4.78, 5) is 25.9. The van der Waals surface area contributed by atoms with Crippen LogP contribution >= 0.6 is 0 Å². The second kappa shape index (κ2) is 6.54. The molecule has 0 spiro atoms. The predicted molar refractivity (Wildman–Crippen MR) is 68.8 cm³/mol. The van der Waals surface area contributed by atoms with Crippen LogP contribution in [0.5, 0.6) is 0 Å². The molecule has 0 aromatic heterocycles. The molecule has 1 N–H and O–H groups in total. The highest BCUT2D eigenvalue weighted by atomic mass is 16.5. The number of hydrogen-bond acceptors (Lipinski definition) is 4. The molecule has 1 amide bonds. The van der Waals surface area contributed by atoms with E-state index < -0.39 is 5.92 Å². The first-order chi connectivity index (χ1) is 8.54. The van der Waals surface area contributed by atoms with E-state index in [2.05, 4.69) is 10.2 Å². The van der Waals surface area contributed by atoms with Crippen molar-refractivity contribution in [1.82, 2.24) is 10.2 Å². The van der Waals surface area contributed by atoms with Crippen LogP contribution in [0.25, 0.3) is 0 Å². The van der Waals surface area contributed by atoms with Crippen molar-refractivity contribution in [3.05, 3.63) is 11.3 Å². The van der Waals surface area contributed by atoms with E-state index in [1.807, 2.05) is 13.8 Å². The number of allylic oxidation sites excluding steroid dienone is 1. The number of hydrogen-bond donors (Lipinski definition) is 1. The number of nitrogens with zero attached hydrogens (tertiary/aromatic N) is 1. The first kappa shape index (κ1) is 14.7. The van der Waals surface area contributed by atoms with Gasteiger partial charge in [0.05, 0.1) is 18.1 Å². The standard InChI is InChI=1S/C13H22N2O3/c1-5-15(6-2)8-10-11(13(17)18-7-3)9(4)14-12(10)16/h10H,5-8H2,1-4H3,(H,14,16). The Balaban J connectivity index is 2.86. The molecule has 0 saturated heterocycles. The van der Waals surface area contributed by atoms with Crippen molar-refractivity contribution < 1.29 is 14.3 Å². The lowest BCUT2D eigenvalue weighted by Gasteiger charge is -2.22. The van der Waals surface area contributed by atoms with Gasteiger partial charge >= 0.3 is 5.97 Å². The minimum atomic E-state index is -0.413. The van der Waals surface area contributed by atoms with Gasteiger partial charge in [-0.15, -0.1) is 0 Å². The minimum Gasteiger partial charge on any atom is -0.463 e. The second-order valence-electron chi connectivity index (χ2n) is 4.29. The van der Waals surface area contributed by atoms with Crippen molar-refractivity contribution in [2.45, 2.75) is 27.7 Å². The van der Waals surface area contributed by atoms with Gasteiger partial charge in [0.25, 0.3) is 0 Å². The van der Waals surface area contributed by atoms with Crippen molar-refractivity contribution in [2.24, 2.45) is 5.92 Å². The number of carbonyl (C=O) groups is 2. The average Bonchev–Trinajstić information content (AvgIpc) is 2.61. The molecule has 1 aliphatic rings. The van der Waals surface area contributed by atoms with E-state index in [-0.39, 0.29) is 11.9 Å². The molecule has 0 radical (unpaired) electrons. The molecule has 18 heavy (non-hydrogen) atoms. The highest BCUT2D eigenvalue weighted by Gasteiger charge is 2.37. The van der Waals surface area contributed by atoms with E-state index in [1.165, 1.54) is 0 Å². The molecule has 0 fully saturated rings. The first-order valence-corrected chi connectivity index (χ1v) is 6.46. The maximum absolute atomic E-state index is 11.9. The summed E-state index contributed by atoms with van der Waals surface area (Å²) in [5.41, 5.74) is 1.10. The molecule has 1 heterocycles. The summed E-state index contributed by atoms with van der Waals surface area (Å²) in [6, 6.07) is 0. The smallest absolute Gasteiger partial charge is 0.336 e. The highest BCUT2D eigenvalue weighted by molar-refractivity contribution is 6.02. The third kappa shape index (κ3) is 3.10. The van der Waals surface area contributed by atoms with Gasteiger partial charge in [0.2, 0.25) is 5.91 Å². The first-order valence-electron chi connectivity index (χ1n) is 6.46. The molecule has 5 heteroatoms. The number of rotatable bonds is 6. The summed E-state index contributed by atoms with van der Waals surface area (Å²) in [7, 11) is 0. The molecular formula is C13H22N2O3. The lowest BCUT2D eigenvalue weighted by Crippen LogP contribution is -2.35. The Kier molecular flexibility index (Phi) is 5.34. The maximum atomic E-state index is 11.9. The summed E-state index contributed by atoms with van der Waals surface area (Å²) in [5, 5.41) is 2.72. The Morgan fingerprint density at radius 1 is 1.33 bits per heavy atom. The predicted octanol–water partition coefficient (Wildman–Crippen LogP) is 0.911. The van der Waals surface area contributed by atoms with Gasteiger partial charge in [-0.25, -0.2) is 4.79 Å². The average molecular weight is 254 g/mol. The van der Waals surface area contributed by atoms with E-state index in [0.717, 1.165) is 13.1 Å². The topological polar surface area (TPSA) is 58.6 Å².